The van der Waals surface area contributed by atoms with E-state index in [4.69, 9.17) is 9.47 Å². The molecular weight excluding hydrogens is 428 g/mol. The van der Waals surface area contributed by atoms with E-state index in [1.54, 1.807) is 50.6 Å². The molecule has 8 heteroatoms. The number of amides is 1. The van der Waals surface area contributed by atoms with Crippen LogP contribution < -0.4 is 19.5 Å². The van der Waals surface area contributed by atoms with E-state index < -0.39 is 10.0 Å². The third kappa shape index (κ3) is 6.01. The van der Waals surface area contributed by atoms with Crippen LogP contribution in [-0.4, -0.2) is 28.5 Å². The average molecular weight is 455 g/mol. The minimum Gasteiger partial charge on any atom is -0.493 e. The standard InChI is InChI=1S/C24H26N2O5S/c1-17-5-4-6-20(15-17)26-32(28,29)21-11-9-19(10-12-21)25-24(27)14-8-18-7-13-22(30-2)23(16-18)31-3/h4-7,9-13,15-16,26H,8,14H2,1-3H3,(H,25,27). The van der Waals surface area contributed by atoms with Crippen LogP contribution >= 0.6 is 0 Å². The summed E-state index contributed by atoms with van der Waals surface area (Å²) in [6.45, 7) is 1.89. The Balaban J connectivity index is 1.58. The molecule has 3 rings (SSSR count). The number of methoxy groups -OCH3 is 2. The number of ether oxygens (including phenoxy) is 2. The molecule has 0 saturated heterocycles. The van der Waals surface area contributed by atoms with Gasteiger partial charge in [0.15, 0.2) is 11.5 Å². The maximum Gasteiger partial charge on any atom is 0.261 e. The number of carbonyl (C=O) groups excluding carboxylic acids is 1. The summed E-state index contributed by atoms with van der Waals surface area (Å²) in [6, 6.07) is 18.7. The SMILES string of the molecule is COc1ccc(CCC(=O)Nc2ccc(S(=O)(=O)Nc3cccc(C)c3)cc2)cc1OC. The van der Waals surface area contributed by atoms with E-state index >= 15 is 0 Å². The summed E-state index contributed by atoms with van der Waals surface area (Å²) in [5, 5.41) is 2.79. The van der Waals surface area contributed by atoms with Crippen molar-refractivity contribution in [2.24, 2.45) is 0 Å². The number of hydrogen-bond acceptors (Lipinski definition) is 5. The molecule has 0 bridgehead atoms. The maximum atomic E-state index is 12.6. The molecule has 0 atom stereocenters. The fourth-order valence-corrected chi connectivity index (χ4v) is 4.21. The quantitative estimate of drug-likeness (QED) is 0.500. The van der Waals surface area contributed by atoms with Crippen LogP contribution in [0, 0.1) is 6.92 Å². The van der Waals surface area contributed by atoms with Gasteiger partial charge in [0.1, 0.15) is 0 Å². The van der Waals surface area contributed by atoms with Crippen LogP contribution in [0.15, 0.2) is 71.6 Å². The second-order valence-electron chi connectivity index (χ2n) is 7.24. The van der Waals surface area contributed by atoms with Crippen molar-refractivity contribution in [1.82, 2.24) is 0 Å². The van der Waals surface area contributed by atoms with Gasteiger partial charge in [0.05, 0.1) is 19.1 Å². The van der Waals surface area contributed by atoms with Crippen LogP contribution in [0.2, 0.25) is 0 Å². The zero-order valence-electron chi connectivity index (χ0n) is 18.2. The van der Waals surface area contributed by atoms with Crippen molar-refractivity contribution < 1.29 is 22.7 Å². The minimum atomic E-state index is -3.72. The van der Waals surface area contributed by atoms with Crippen LogP contribution in [0.25, 0.3) is 0 Å². The van der Waals surface area contributed by atoms with Gasteiger partial charge < -0.3 is 14.8 Å². The van der Waals surface area contributed by atoms with Gasteiger partial charge in [-0.15, -0.1) is 0 Å². The largest absolute Gasteiger partial charge is 0.493 e. The molecule has 0 fully saturated rings. The predicted octanol–water partition coefficient (Wildman–Crippen LogP) is 4.38. The molecule has 0 heterocycles. The van der Waals surface area contributed by atoms with Crippen molar-refractivity contribution in [2.45, 2.75) is 24.7 Å². The molecule has 3 aromatic carbocycles. The van der Waals surface area contributed by atoms with Gasteiger partial charge in [-0.25, -0.2) is 8.42 Å². The van der Waals surface area contributed by atoms with E-state index in [9.17, 15) is 13.2 Å². The molecule has 0 saturated carbocycles. The highest BCUT2D eigenvalue weighted by Gasteiger charge is 2.14. The van der Waals surface area contributed by atoms with Crippen LogP contribution in [0.1, 0.15) is 17.5 Å². The van der Waals surface area contributed by atoms with Gasteiger partial charge in [0.25, 0.3) is 10.0 Å². The lowest BCUT2D eigenvalue weighted by Crippen LogP contribution is -2.14. The molecule has 32 heavy (non-hydrogen) atoms. The highest BCUT2D eigenvalue weighted by Crippen LogP contribution is 2.28. The predicted molar refractivity (Wildman–Crippen MR) is 125 cm³/mol. The first-order valence-corrected chi connectivity index (χ1v) is 11.5. The Morgan fingerprint density at radius 3 is 2.25 bits per heavy atom. The zero-order chi connectivity index (χ0) is 23.1. The second-order valence-corrected chi connectivity index (χ2v) is 8.92. The summed E-state index contributed by atoms with van der Waals surface area (Å²) in [7, 11) is -0.585. The number of rotatable bonds is 9. The van der Waals surface area contributed by atoms with E-state index in [0.717, 1.165) is 11.1 Å². The number of benzene rings is 3. The first-order chi connectivity index (χ1) is 15.3. The second kappa shape index (κ2) is 10.2. The van der Waals surface area contributed by atoms with Gasteiger partial charge in [-0.05, 0) is 73.0 Å². The summed E-state index contributed by atoms with van der Waals surface area (Å²) in [4.78, 5) is 12.4. The first kappa shape index (κ1) is 23.1. The molecule has 0 unspecified atom stereocenters. The maximum absolute atomic E-state index is 12.6. The fourth-order valence-electron chi connectivity index (χ4n) is 3.16. The Morgan fingerprint density at radius 1 is 0.875 bits per heavy atom. The Labute approximate surface area is 188 Å². The highest BCUT2D eigenvalue weighted by molar-refractivity contribution is 7.92. The van der Waals surface area contributed by atoms with Crippen LogP contribution in [-0.2, 0) is 21.2 Å². The molecule has 0 aliphatic heterocycles. The van der Waals surface area contributed by atoms with E-state index in [-0.39, 0.29) is 17.2 Å². The van der Waals surface area contributed by atoms with Crippen LogP contribution in [0.5, 0.6) is 11.5 Å². The molecule has 0 spiro atoms. The summed E-state index contributed by atoms with van der Waals surface area (Å²) in [5.74, 6) is 1.07. The van der Waals surface area contributed by atoms with Crippen molar-refractivity contribution in [3.8, 4) is 11.5 Å². The van der Waals surface area contributed by atoms with E-state index in [0.29, 0.717) is 29.3 Å². The Kier molecular flexibility index (Phi) is 7.37. The monoisotopic (exact) mass is 454 g/mol. The molecule has 2 N–H and O–H groups in total. The zero-order valence-corrected chi connectivity index (χ0v) is 19.0. The minimum absolute atomic E-state index is 0.113. The van der Waals surface area contributed by atoms with Crippen LogP contribution in [0.3, 0.4) is 0 Å². The summed E-state index contributed by atoms with van der Waals surface area (Å²) in [6.07, 6.45) is 0.795. The topological polar surface area (TPSA) is 93.7 Å². The van der Waals surface area contributed by atoms with Crippen molar-refractivity contribution in [2.75, 3.05) is 24.3 Å². The van der Waals surface area contributed by atoms with E-state index in [1.807, 2.05) is 25.1 Å². The normalized spacial score (nSPS) is 11.0. The van der Waals surface area contributed by atoms with Crippen molar-refractivity contribution in [3.63, 3.8) is 0 Å². The van der Waals surface area contributed by atoms with Gasteiger partial charge in [-0.2, -0.15) is 0 Å². The number of sulfonamides is 1. The molecule has 0 aliphatic carbocycles. The molecule has 0 aromatic heterocycles. The van der Waals surface area contributed by atoms with Gasteiger partial charge in [-0.3, -0.25) is 9.52 Å². The average Bonchev–Trinajstić information content (AvgIpc) is 2.77. The smallest absolute Gasteiger partial charge is 0.261 e. The Morgan fingerprint density at radius 2 is 1.59 bits per heavy atom. The fraction of sp³-hybridized carbons (Fsp3) is 0.208. The van der Waals surface area contributed by atoms with Crippen molar-refractivity contribution in [3.05, 3.63) is 77.9 Å². The van der Waals surface area contributed by atoms with Crippen molar-refractivity contribution >= 4 is 27.3 Å². The molecule has 168 valence electrons. The van der Waals surface area contributed by atoms with Gasteiger partial charge in [-0.1, -0.05) is 18.2 Å². The molecule has 7 nitrogen and oxygen atoms in total. The molecule has 1 amide bonds. The van der Waals surface area contributed by atoms with Gasteiger partial charge >= 0.3 is 0 Å². The lowest BCUT2D eigenvalue weighted by Gasteiger charge is -2.11. The lowest BCUT2D eigenvalue weighted by molar-refractivity contribution is -0.116. The number of aryl methyl sites for hydroxylation is 2. The summed E-state index contributed by atoms with van der Waals surface area (Å²) in [5.41, 5.74) is 2.92. The van der Waals surface area contributed by atoms with Crippen LogP contribution in [0.4, 0.5) is 11.4 Å². The molecule has 3 aromatic rings. The third-order valence-electron chi connectivity index (χ3n) is 4.81. The number of hydrogen-bond donors (Lipinski definition) is 2. The van der Waals surface area contributed by atoms with Crippen molar-refractivity contribution in [1.29, 1.82) is 0 Å². The van der Waals surface area contributed by atoms with Gasteiger partial charge in [0.2, 0.25) is 5.91 Å². The number of anilines is 2. The Hall–Kier alpha value is -3.52. The van der Waals surface area contributed by atoms with E-state index in [2.05, 4.69) is 10.0 Å². The number of nitrogens with one attached hydrogen (secondary N) is 2. The first-order valence-electron chi connectivity index (χ1n) is 10.0. The third-order valence-corrected chi connectivity index (χ3v) is 6.20. The Bertz CT molecular complexity index is 1190. The van der Waals surface area contributed by atoms with Gasteiger partial charge in [0, 0.05) is 17.8 Å². The summed E-state index contributed by atoms with van der Waals surface area (Å²) < 4.78 is 38.2. The lowest BCUT2D eigenvalue weighted by atomic mass is 10.1. The molecular formula is C24H26N2O5S. The highest BCUT2D eigenvalue weighted by atomic mass is 32.2. The number of carbonyl (C=O) groups is 1. The summed E-state index contributed by atoms with van der Waals surface area (Å²) >= 11 is 0. The molecule has 0 radical (unpaired) electrons. The van der Waals surface area contributed by atoms with E-state index in [1.165, 1.54) is 12.1 Å². The molecule has 0 aliphatic rings.